The monoisotopic (exact) mass is 1370 g/mol. The van der Waals surface area contributed by atoms with E-state index in [-0.39, 0.29) is 25.7 Å². The maximum absolute atomic E-state index is 13.1. The van der Waals surface area contributed by atoms with E-state index >= 15 is 0 Å². The average Bonchev–Trinajstić information content (AvgIpc) is 3.18. The van der Waals surface area contributed by atoms with Crippen LogP contribution in [0.2, 0.25) is 0 Å². The van der Waals surface area contributed by atoms with E-state index in [9.17, 15) is 43.2 Å². The molecule has 0 rings (SSSR count). The molecule has 0 radical (unpaired) electrons. The number of unbranched alkanes of at least 4 members (excludes halogenated alkanes) is 43. The van der Waals surface area contributed by atoms with E-state index in [1.54, 1.807) is 0 Å². The van der Waals surface area contributed by atoms with Crippen LogP contribution in [0.5, 0.6) is 0 Å². The Bertz CT molecular complexity index is 1800. The zero-order chi connectivity index (χ0) is 68.6. The first-order valence-corrected chi connectivity index (χ1v) is 41.5. The molecule has 0 aliphatic heterocycles. The Hall–Kier alpha value is -1.94. The third-order valence-electron chi connectivity index (χ3n) is 17.2. The first-order valence-electron chi connectivity index (χ1n) is 38.5. The largest absolute Gasteiger partial charge is 0.472 e. The first kappa shape index (κ1) is 91.1. The van der Waals surface area contributed by atoms with E-state index in [2.05, 4.69) is 41.5 Å². The van der Waals surface area contributed by atoms with Crippen LogP contribution in [0.15, 0.2) is 0 Å². The summed E-state index contributed by atoms with van der Waals surface area (Å²) in [5.74, 6) is -0.541. The van der Waals surface area contributed by atoms with Crippen molar-refractivity contribution in [3.63, 3.8) is 0 Å². The van der Waals surface area contributed by atoms with Gasteiger partial charge in [0.05, 0.1) is 26.4 Å². The zero-order valence-corrected chi connectivity index (χ0v) is 62.3. The fourth-order valence-electron chi connectivity index (χ4n) is 11.3. The minimum atomic E-state index is -4.96. The molecular weight excluding hydrogens is 1220 g/mol. The maximum Gasteiger partial charge on any atom is 0.472 e. The molecule has 552 valence electrons. The van der Waals surface area contributed by atoms with Gasteiger partial charge >= 0.3 is 39.5 Å². The van der Waals surface area contributed by atoms with Gasteiger partial charge in [-0.2, -0.15) is 0 Å². The van der Waals surface area contributed by atoms with Crippen molar-refractivity contribution >= 4 is 39.5 Å². The SMILES string of the molecule is CCCCCCCCCCCCCCCC(=O)O[C@H](COC(=O)CCCCCCCCCC)COP(=O)(O)OC[C@H](O)COP(=O)(O)OC[C@@H](COC(=O)CCCCCCCCCCCCCCCC(C)C)OC(=O)CCCCCCCCCCCCCCCC(C)C. The number of esters is 4. The number of carbonyl (C=O) groups is 4. The molecule has 0 amide bonds. The van der Waals surface area contributed by atoms with Crippen LogP contribution < -0.4 is 0 Å². The molecule has 93 heavy (non-hydrogen) atoms. The van der Waals surface area contributed by atoms with Gasteiger partial charge in [0.2, 0.25) is 0 Å². The summed E-state index contributed by atoms with van der Waals surface area (Å²) in [7, 11) is -9.90. The van der Waals surface area contributed by atoms with E-state index in [0.717, 1.165) is 108 Å². The number of phosphoric acid groups is 2. The number of hydrogen-bond acceptors (Lipinski definition) is 15. The number of phosphoric ester groups is 2. The van der Waals surface area contributed by atoms with Crippen LogP contribution in [0.25, 0.3) is 0 Å². The molecule has 0 aromatic carbocycles. The molecule has 0 aliphatic carbocycles. The Morgan fingerprint density at radius 1 is 0.290 bits per heavy atom. The lowest BCUT2D eigenvalue weighted by molar-refractivity contribution is -0.161. The fraction of sp³-hybridized carbons (Fsp3) is 0.946. The highest BCUT2D eigenvalue weighted by Crippen LogP contribution is 2.45. The van der Waals surface area contributed by atoms with Gasteiger partial charge in [-0.3, -0.25) is 37.3 Å². The molecule has 0 saturated heterocycles. The average molecular weight is 1370 g/mol. The van der Waals surface area contributed by atoms with Gasteiger partial charge in [0.25, 0.3) is 0 Å². The van der Waals surface area contributed by atoms with Crippen LogP contribution in [-0.4, -0.2) is 96.7 Å². The summed E-state index contributed by atoms with van der Waals surface area (Å²) in [6.07, 6.45) is 52.6. The van der Waals surface area contributed by atoms with Gasteiger partial charge in [-0.05, 0) is 37.5 Å². The summed E-state index contributed by atoms with van der Waals surface area (Å²) in [4.78, 5) is 72.7. The van der Waals surface area contributed by atoms with Gasteiger partial charge < -0.3 is 33.8 Å². The van der Waals surface area contributed by atoms with Crippen LogP contribution in [0.4, 0.5) is 0 Å². The van der Waals surface area contributed by atoms with Gasteiger partial charge in [-0.1, -0.05) is 330 Å². The number of aliphatic hydroxyl groups is 1. The Morgan fingerprint density at radius 3 is 0.731 bits per heavy atom. The summed E-state index contributed by atoms with van der Waals surface area (Å²) in [6, 6.07) is 0. The smallest absolute Gasteiger partial charge is 0.462 e. The summed E-state index contributed by atoms with van der Waals surface area (Å²) in [5, 5.41) is 10.6. The van der Waals surface area contributed by atoms with Crippen LogP contribution >= 0.6 is 15.6 Å². The summed E-state index contributed by atoms with van der Waals surface area (Å²) >= 11 is 0. The van der Waals surface area contributed by atoms with E-state index in [1.165, 1.54) is 193 Å². The number of hydrogen-bond donors (Lipinski definition) is 3. The lowest BCUT2D eigenvalue weighted by atomic mass is 10.0. The minimum Gasteiger partial charge on any atom is -0.462 e. The standard InChI is InChI=1S/C74H144O17P2/c1-7-9-11-13-15-17-18-21-29-34-40-46-52-58-73(78)90-69(62-84-71(76)56-50-44-38-16-14-12-10-8-2)64-88-92(80,81)86-60-68(75)61-87-93(82,83)89-65-70(91-74(79)59-53-47-41-35-30-25-20-23-27-32-37-43-49-55-67(5)6)63-85-72(77)57-51-45-39-33-28-24-19-22-26-31-36-42-48-54-66(3)4/h66-70,75H,7-65H2,1-6H3,(H,80,81)(H,82,83)/t68-,69+,70+/m0/s1. The highest BCUT2D eigenvalue weighted by molar-refractivity contribution is 7.47. The van der Waals surface area contributed by atoms with Crippen molar-refractivity contribution in [3.8, 4) is 0 Å². The lowest BCUT2D eigenvalue weighted by Gasteiger charge is -2.21. The van der Waals surface area contributed by atoms with Crippen LogP contribution in [-0.2, 0) is 65.4 Å². The van der Waals surface area contributed by atoms with E-state index in [1.807, 2.05) is 0 Å². The van der Waals surface area contributed by atoms with Crippen LogP contribution in [0, 0.1) is 11.8 Å². The molecule has 19 heteroatoms. The molecule has 0 aliphatic rings. The first-order chi connectivity index (χ1) is 44.9. The molecule has 0 aromatic rings. The zero-order valence-electron chi connectivity index (χ0n) is 60.6. The van der Waals surface area contributed by atoms with Crippen molar-refractivity contribution in [1.29, 1.82) is 0 Å². The van der Waals surface area contributed by atoms with Crippen molar-refractivity contribution in [2.24, 2.45) is 11.8 Å². The molecule has 17 nitrogen and oxygen atoms in total. The Balaban J connectivity index is 5.22. The lowest BCUT2D eigenvalue weighted by Crippen LogP contribution is -2.30. The number of carbonyl (C=O) groups excluding carboxylic acids is 4. The van der Waals surface area contributed by atoms with Gasteiger partial charge in [0.1, 0.15) is 19.3 Å². The second-order valence-electron chi connectivity index (χ2n) is 27.6. The second-order valence-corrected chi connectivity index (χ2v) is 30.5. The highest BCUT2D eigenvalue weighted by atomic mass is 31.2. The third kappa shape index (κ3) is 68.4. The number of rotatable bonds is 73. The van der Waals surface area contributed by atoms with Gasteiger partial charge in [0, 0.05) is 25.7 Å². The fourth-order valence-corrected chi connectivity index (χ4v) is 12.9. The Morgan fingerprint density at radius 2 is 0.495 bits per heavy atom. The molecule has 0 bridgehead atoms. The molecule has 3 N–H and O–H groups in total. The normalized spacial score (nSPS) is 14.1. The van der Waals surface area contributed by atoms with E-state index < -0.39 is 97.5 Å². The molecule has 0 aromatic heterocycles. The van der Waals surface area contributed by atoms with Crippen molar-refractivity contribution in [2.75, 3.05) is 39.6 Å². The predicted molar refractivity (Wildman–Crippen MR) is 377 cm³/mol. The van der Waals surface area contributed by atoms with Gasteiger partial charge in [-0.15, -0.1) is 0 Å². The maximum atomic E-state index is 13.1. The second kappa shape index (κ2) is 66.0. The Labute approximate surface area is 568 Å². The molecule has 0 fully saturated rings. The summed E-state index contributed by atoms with van der Waals surface area (Å²) in [6.45, 7) is 9.60. The van der Waals surface area contributed by atoms with E-state index in [0.29, 0.717) is 25.7 Å². The molecule has 0 saturated carbocycles. The summed E-state index contributed by atoms with van der Waals surface area (Å²) < 4.78 is 68.4. The number of ether oxygens (including phenoxy) is 4. The molecule has 0 heterocycles. The van der Waals surface area contributed by atoms with E-state index in [4.69, 9.17) is 37.0 Å². The molecule has 0 spiro atoms. The molecule has 5 atom stereocenters. The van der Waals surface area contributed by atoms with Crippen LogP contribution in [0.3, 0.4) is 0 Å². The van der Waals surface area contributed by atoms with Crippen molar-refractivity contribution in [2.45, 2.75) is 400 Å². The minimum absolute atomic E-state index is 0.107. The predicted octanol–water partition coefficient (Wildman–Crippen LogP) is 21.6. The van der Waals surface area contributed by atoms with Gasteiger partial charge in [-0.25, -0.2) is 9.13 Å². The molecular formula is C74H144O17P2. The van der Waals surface area contributed by atoms with Gasteiger partial charge in [0.15, 0.2) is 12.2 Å². The third-order valence-corrected chi connectivity index (χ3v) is 19.1. The number of aliphatic hydroxyl groups excluding tert-OH is 1. The molecule has 2 unspecified atom stereocenters. The quantitative estimate of drug-likeness (QED) is 0.0222. The summed E-state index contributed by atoms with van der Waals surface area (Å²) in [5.41, 5.74) is 0. The van der Waals surface area contributed by atoms with Crippen molar-refractivity contribution in [1.82, 2.24) is 0 Å². The van der Waals surface area contributed by atoms with Crippen molar-refractivity contribution in [3.05, 3.63) is 0 Å². The topological polar surface area (TPSA) is 237 Å². The Kier molecular flexibility index (Phi) is 64.6. The van der Waals surface area contributed by atoms with Crippen LogP contribution in [0.1, 0.15) is 382 Å². The van der Waals surface area contributed by atoms with Crippen molar-refractivity contribution < 1.29 is 80.2 Å². The highest BCUT2D eigenvalue weighted by Gasteiger charge is 2.30.